The van der Waals surface area contributed by atoms with Gasteiger partial charge in [-0.2, -0.15) is 0 Å². The van der Waals surface area contributed by atoms with Crippen LogP contribution in [0.2, 0.25) is 0 Å². The van der Waals surface area contributed by atoms with Crippen LogP contribution in [0, 0.1) is 5.92 Å². The summed E-state index contributed by atoms with van der Waals surface area (Å²) in [7, 11) is 0. The predicted octanol–water partition coefficient (Wildman–Crippen LogP) is 7.86. The minimum Gasteiger partial charge on any atom is -0.215 e. The van der Waals surface area contributed by atoms with Crippen LogP contribution in [0.25, 0.3) is 0 Å². The van der Waals surface area contributed by atoms with Crippen LogP contribution in [0.1, 0.15) is 72.1 Å². The Morgan fingerprint density at radius 1 is 1.04 bits per heavy atom. The predicted molar refractivity (Wildman–Crippen MR) is 103 cm³/mol. The zero-order valence-electron chi connectivity index (χ0n) is 15.4. The average Bonchev–Trinajstić information content (AvgIpc) is 2.54. The summed E-state index contributed by atoms with van der Waals surface area (Å²) in [5, 5.41) is 0. The molecule has 0 aromatic heterocycles. The van der Waals surface area contributed by atoms with Crippen LogP contribution in [0.4, 0.5) is 4.39 Å². The third-order valence-corrected chi connectivity index (χ3v) is 4.06. The second-order valence-electron chi connectivity index (χ2n) is 6.33. The van der Waals surface area contributed by atoms with Crippen molar-refractivity contribution in [1.82, 2.24) is 0 Å². The molecule has 0 nitrogen and oxygen atoms in total. The van der Waals surface area contributed by atoms with Gasteiger partial charge in [0.05, 0.1) is 6.33 Å². The number of rotatable bonds is 13. The highest BCUT2D eigenvalue weighted by atomic mass is 19.1. The van der Waals surface area contributed by atoms with Gasteiger partial charge in [-0.05, 0) is 30.8 Å². The molecule has 0 amide bonds. The van der Waals surface area contributed by atoms with Gasteiger partial charge in [0.25, 0.3) is 0 Å². The fraction of sp³-hybridized carbons (Fsp3) is 0.545. The third kappa shape index (κ3) is 11.8. The van der Waals surface area contributed by atoms with E-state index in [1.54, 1.807) is 6.08 Å². The maximum absolute atomic E-state index is 12.8. The lowest BCUT2D eigenvalue weighted by Gasteiger charge is -2.06. The summed E-state index contributed by atoms with van der Waals surface area (Å²) in [5.41, 5.74) is 2.35. The van der Waals surface area contributed by atoms with Crippen LogP contribution in [-0.4, -0.2) is 0 Å². The summed E-state index contributed by atoms with van der Waals surface area (Å²) in [5.74, 6) is 0.620. The Morgan fingerprint density at radius 2 is 1.74 bits per heavy atom. The number of unbranched alkanes of at least 4 members (excludes halogenated alkanes) is 4. The fourth-order valence-corrected chi connectivity index (χ4v) is 2.33. The summed E-state index contributed by atoms with van der Waals surface area (Å²) >= 11 is 0. The van der Waals surface area contributed by atoms with E-state index in [1.807, 2.05) is 13.0 Å². The second kappa shape index (κ2) is 14.2. The van der Waals surface area contributed by atoms with E-state index in [-0.39, 0.29) is 0 Å². The number of allylic oxidation sites excluding steroid dienone is 7. The Balaban J connectivity index is 4.05. The molecule has 0 aliphatic rings. The minimum atomic E-state index is 0.554. The molecule has 1 unspecified atom stereocenters. The van der Waals surface area contributed by atoms with Crippen molar-refractivity contribution in [2.24, 2.45) is 5.92 Å². The topological polar surface area (TPSA) is 0 Å². The Kier molecular flexibility index (Phi) is 13.4. The molecule has 0 bridgehead atoms. The van der Waals surface area contributed by atoms with E-state index in [1.165, 1.54) is 38.5 Å². The van der Waals surface area contributed by atoms with Crippen molar-refractivity contribution in [2.45, 2.75) is 72.1 Å². The number of hydrogen-bond donors (Lipinski definition) is 0. The van der Waals surface area contributed by atoms with Crippen LogP contribution in [0.15, 0.2) is 60.5 Å². The first-order chi connectivity index (χ1) is 11.0. The Hall–Kier alpha value is -1.37. The van der Waals surface area contributed by atoms with E-state index in [0.717, 1.165) is 24.0 Å². The molecule has 0 aliphatic heterocycles. The molecule has 0 aromatic rings. The highest BCUT2D eigenvalue weighted by Crippen LogP contribution is 2.16. The molecule has 0 spiro atoms. The van der Waals surface area contributed by atoms with Crippen LogP contribution >= 0.6 is 0 Å². The van der Waals surface area contributed by atoms with Crippen molar-refractivity contribution in [2.75, 3.05) is 0 Å². The van der Waals surface area contributed by atoms with Gasteiger partial charge in [0.1, 0.15) is 0 Å². The molecule has 1 heteroatoms. The first kappa shape index (κ1) is 21.6. The van der Waals surface area contributed by atoms with Crippen molar-refractivity contribution < 1.29 is 4.39 Å². The van der Waals surface area contributed by atoms with Gasteiger partial charge in [-0.25, -0.2) is 4.39 Å². The van der Waals surface area contributed by atoms with Crippen molar-refractivity contribution >= 4 is 0 Å². The molecule has 1 atom stereocenters. The zero-order chi connectivity index (χ0) is 17.5. The molecule has 0 saturated carbocycles. The molecule has 0 heterocycles. The van der Waals surface area contributed by atoms with Crippen LogP contribution in [0.3, 0.4) is 0 Å². The number of hydrogen-bond acceptors (Lipinski definition) is 0. The average molecular weight is 319 g/mol. The fourth-order valence-electron chi connectivity index (χ4n) is 2.33. The second-order valence-corrected chi connectivity index (χ2v) is 6.33. The van der Waals surface area contributed by atoms with Crippen molar-refractivity contribution in [3.05, 3.63) is 60.5 Å². The first-order valence-corrected chi connectivity index (χ1v) is 9.06. The van der Waals surface area contributed by atoms with Crippen LogP contribution < -0.4 is 0 Å². The van der Waals surface area contributed by atoms with Gasteiger partial charge in [0.15, 0.2) is 0 Å². The Morgan fingerprint density at radius 3 is 2.35 bits per heavy atom. The molecule has 0 rings (SSSR count). The van der Waals surface area contributed by atoms with Gasteiger partial charge in [-0.15, -0.1) is 0 Å². The van der Waals surface area contributed by atoms with Crippen LogP contribution in [0.5, 0.6) is 0 Å². The lowest BCUT2D eigenvalue weighted by Crippen LogP contribution is -1.90. The highest BCUT2D eigenvalue weighted by Gasteiger charge is 1.98. The number of halogens is 1. The molecule has 0 aromatic carbocycles. The van der Waals surface area contributed by atoms with E-state index in [4.69, 9.17) is 0 Å². The molecule has 0 radical (unpaired) electrons. The lowest BCUT2D eigenvalue weighted by atomic mass is 10.0. The van der Waals surface area contributed by atoms with Gasteiger partial charge >= 0.3 is 0 Å². The quantitative estimate of drug-likeness (QED) is 0.184. The first-order valence-electron chi connectivity index (χ1n) is 9.06. The van der Waals surface area contributed by atoms with Crippen molar-refractivity contribution in [3.8, 4) is 0 Å². The maximum atomic E-state index is 12.8. The molecule has 0 aliphatic carbocycles. The van der Waals surface area contributed by atoms with Crippen molar-refractivity contribution in [3.63, 3.8) is 0 Å². The zero-order valence-corrected chi connectivity index (χ0v) is 15.4. The van der Waals surface area contributed by atoms with Gasteiger partial charge in [0, 0.05) is 5.57 Å². The highest BCUT2D eigenvalue weighted by molar-refractivity contribution is 5.39. The maximum Gasteiger partial charge on any atom is 0.0941 e. The Labute approximate surface area is 143 Å². The van der Waals surface area contributed by atoms with E-state index >= 15 is 0 Å². The minimum absolute atomic E-state index is 0.554. The van der Waals surface area contributed by atoms with Crippen molar-refractivity contribution in [1.29, 1.82) is 0 Å². The van der Waals surface area contributed by atoms with Gasteiger partial charge < -0.3 is 0 Å². The SMILES string of the molecule is C=C(/C=C\C(=CF)C(=C)CC)C/C=C\C(C)CCCCCCC. The van der Waals surface area contributed by atoms with Gasteiger partial charge in [-0.1, -0.05) is 95.9 Å². The molecule has 23 heavy (non-hydrogen) atoms. The van der Waals surface area contributed by atoms with Gasteiger partial charge in [-0.3, -0.25) is 0 Å². The summed E-state index contributed by atoms with van der Waals surface area (Å²) < 4.78 is 12.8. The smallest absolute Gasteiger partial charge is 0.0941 e. The standard InChI is InChI=1S/C22H35F/c1-6-8-9-10-11-13-19(3)14-12-15-20(4)16-17-22(18-23)21(5)7-2/h12,14,16-19H,4-11,13,15H2,1-3H3/b14-12-,17-16-,22-18?. The van der Waals surface area contributed by atoms with E-state index < -0.39 is 0 Å². The van der Waals surface area contributed by atoms with E-state index in [0.29, 0.717) is 17.8 Å². The molecule has 0 saturated heterocycles. The largest absolute Gasteiger partial charge is 0.215 e. The van der Waals surface area contributed by atoms with E-state index in [9.17, 15) is 4.39 Å². The summed E-state index contributed by atoms with van der Waals surface area (Å²) in [6.07, 6.45) is 18.2. The molecule has 0 N–H and O–H groups in total. The van der Waals surface area contributed by atoms with Crippen LogP contribution in [-0.2, 0) is 0 Å². The molecule has 130 valence electrons. The lowest BCUT2D eigenvalue weighted by molar-refractivity contribution is 0.550. The monoisotopic (exact) mass is 318 g/mol. The summed E-state index contributed by atoms with van der Waals surface area (Å²) in [4.78, 5) is 0. The third-order valence-electron chi connectivity index (χ3n) is 4.06. The van der Waals surface area contributed by atoms with E-state index in [2.05, 4.69) is 39.2 Å². The molecule has 0 fully saturated rings. The Bertz CT molecular complexity index is 423. The summed E-state index contributed by atoms with van der Waals surface area (Å²) in [6, 6.07) is 0. The normalized spacial score (nSPS) is 13.8. The summed E-state index contributed by atoms with van der Waals surface area (Å²) in [6.45, 7) is 14.4. The molecular weight excluding hydrogens is 283 g/mol. The molecular formula is C22H35F. The van der Waals surface area contributed by atoms with Gasteiger partial charge in [0.2, 0.25) is 0 Å².